The number of likely N-dealkylation sites (tertiary alicyclic amines) is 1. The highest BCUT2D eigenvalue weighted by atomic mass is 35.5. The molecule has 10 heteroatoms. The van der Waals surface area contributed by atoms with Gasteiger partial charge in [-0.3, -0.25) is 4.98 Å². The number of nitrogens with one attached hydrogen (secondary N) is 1. The molecular formula is C22H18ClFN6OS. The van der Waals surface area contributed by atoms with Gasteiger partial charge in [0.2, 0.25) is 0 Å². The molecule has 0 spiro atoms. The van der Waals surface area contributed by atoms with Crippen molar-refractivity contribution in [1.82, 2.24) is 15.2 Å². The Kier molecular flexibility index (Phi) is 4.50. The molecule has 5 heterocycles. The van der Waals surface area contributed by atoms with Crippen LogP contribution in [0.2, 0.25) is 0 Å². The maximum atomic E-state index is 14.6. The van der Waals surface area contributed by atoms with Crippen LogP contribution < -0.4 is 11.1 Å². The van der Waals surface area contributed by atoms with Gasteiger partial charge >= 0.3 is 0 Å². The van der Waals surface area contributed by atoms with Crippen molar-refractivity contribution in [3.63, 3.8) is 0 Å². The van der Waals surface area contributed by atoms with Gasteiger partial charge in [0.1, 0.15) is 17.1 Å². The molecule has 1 aliphatic carbocycles. The van der Waals surface area contributed by atoms with Gasteiger partial charge in [-0.05, 0) is 24.0 Å². The molecular weight excluding hydrogens is 451 g/mol. The highest BCUT2D eigenvalue weighted by Crippen LogP contribution is 2.48. The molecule has 1 unspecified atom stereocenters. The number of aliphatic imine (C=N–C) groups is 1. The largest absolute Gasteiger partial charge is 0.389 e. The standard InChI is InChI=1S/C22H18ClFN6OS/c23-17-15(19-16-10(5-25)21(26)32-20(16)14(24)7-27-19)13-9-31-8-12(13)11-6-28-22(29-18(11)17)30-3-1-2-4-30/h6-7,18H,1-4,8-9,26H2,(H,28,29). The second kappa shape index (κ2) is 7.30. The van der Waals surface area contributed by atoms with E-state index < -0.39 is 11.9 Å². The van der Waals surface area contributed by atoms with E-state index in [9.17, 15) is 9.65 Å². The molecule has 32 heavy (non-hydrogen) atoms. The fourth-order valence-electron chi connectivity index (χ4n) is 4.83. The van der Waals surface area contributed by atoms with Gasteiger partial charge in [0.25, 0.3) is 0 Å². The summed E-state index contributed by atoms with van der Waals surface area (Å²) in [5.41, 5.74) is 10.2. The van der Waals surface area contributed by atoms with Crippen LogP contribution >= 0.6 is 22.9 Å². The van der Waals surface area contributed by atoms with Crippen molar-refractivity contribution in [2.75, 3.05) is 32.0 Å². The summed E-state index contributed by atoms with van der Waals surface area (Å²) < 4.78 is 20.7. The topological polar surface area (TPSA) is 99.6 Å². The summed E-state index contributed by atoms with van der Waals surface area (Å²) in [4.78, 5) is 11.6. The van der Waals surface area contributed by atoms with Crippen molar-refractivity contribution in [1.29, 1.82) is 5.26 Å². The van der Waals surface area contributed by atoms with Gasteiger partial charge < -0.3 is 20.7 Å². The number of pyridine rings is 1. The number of nitrogen functional groups attached to an aromatic ring is 1. The van der Waals surface area contributed by atoms with Crippen molar-refractivity contribution >= 4 is 49.6 Å². The lowest BCUT2D eigenvalue weighted by Crippen LogP contribution is -2.42. The fourth-order valence-corrected chi connectivity index (χ4v) is 6.12. The molecule has 6 rings (SSSR count). The van der Waals surface area contributed by atoms with Gasteiger partial charge in [-0.25, -0.2) is 9.38 Å². The number of nitrogens with two attached hydrogens (primary N) is 1. The van der Waals surface area contributed by atoms with E-state index in [-0.39, 0.29) is 10.6 Å². The average molecular weight is 469 g/mol. The second-order valence-electron chi connectivity index (χ2n) is 8.08. The number of aromatic nitrogens is 1. The summed E-state index contributed by atoms with van der Waals surface area (Å²) in [5, 5.41) is 14.2. The Balaban J connectivity index is 1.58. The lowest BCUT2D eigenvalue weighted by atomic mass is 9.83. The Morgan fingerprint density at radius 1 is 1.31 bits per heavy atom. The Morgan fingerprint density at radius 2 is 2.09 bits per heavy atom. The number of nitrogens with zero attached hydrogens (tertiary/aromatic N) is 4. The number of halogens is 2. The van der Waals surface area contributed by atoms with Crippen LogP contribution in [0.4, 0.5) is 9.39 Å². The minimum absolute atomic E-state index is 0.220. The number of anilines is 1. The smallest absolute Gasteiger partial charge is 0.198 e. The fraction of sp³-hybridized carbons (Fsp3) is 0.318. The number of rotatable bonds is 1. The third-order valence-electron chi connectivity index (χ3n) is 6.34. The number of guanidine groups is 1. The van der Waals surface area contributed by atoms with Crippen molar-refractivity contribution in [2.45, 2.75) is 18.9 Å². The molecule has 2 aromatic heterocycles. The van der Waals surface area contributed by atoms with Crippen LogP contribution in [0.5, 0.6) is 0 Å². The van der Waals surface area contributed by atoms with E-state index in [1.54, 1.807) is 0 Å². The molecule has 3 N–H and O–H groups in total. The first-order chi connectivity index (χ1) is 15.6. The summed E-state index contributed by atoms with van der Waals surface area (Å²) in [5.74, 6) is 0.287. The molecule has 0 aromatic carbocycles. The number of hydrogen-bond acceptors (Lipinski definition) is 8. The van der Waals surface area contributed by atoms with Gasteiger partial charge in [-0.2, -0.15) is 5.26 Å². The van der Waals surface area contributed by atoms with Crippen molar-refractivity contribution in [3.8, 4) is 6.07 Å². The summed E-state index contributed by atoms with van der Waals surface area (Å²) in [7, 11) is 0. The SMILES string of the molecule is N#Cc1c(N)sc2c(F)cnc(C3=C(Cl)C4N=C(N5CCCC5)NC=C4C4=C3COC4)c12. The van der Waals surface area contributed by atoms with E-state index in [0.29, 0.717) is 39.6 Å². The minimum Gasteiger partial charge on any atom is -0.389 e. The Labute approximate surface area is 192 Å². The first-order valence-corrected chi connectivity index (χ1v) is 11.5. The molecule has 3 aliphatic heterocycles. The molecule has 4 aliphatic rings. The number of ether oxygens (including phenoxy) is 1. The van der Waals surface area contributed by atoms with Crippen molar-refractivity contribution in [2.24, 2.45) is 4.99 Å². The molecule has 0 amide bonds. The predicted octanol–water partition coefficient (Wildman–Crippen LogP) is 3.49. The van der Waals surface area contributed by atoms with Crippen LogP contribution in [-0.4, -0.2) is 48.2 Å². The highest BCUT2D eigenvalue weighted by molar-refractivity contribution is 7.23. The number of nitriles is 1. The number of hydrogen-bond donors (Lipinski definition) is 2. The molecule has 0 bridgehead atoms. The van der Waals surface area contributed by atoms with Crippen LogP contribution in [0.3, 0.4) is 0 Å². The van der Waals surface area contributed by atoms with Crippen LogP contribution in [-0.2, 0) is 4.74 Å². The van der Waals surface area contributed by atoms with Gasteiger partial charge in [0.05, 0.1) is 40.4 Å². The van der Waals surface area contributed by atoms with E-state index in [4.69, 9.17) is 27.1 Å². The molecule has 162 valence electrons. The maximum Gasteiger partial charge on any atom is 0.198 e. The van der Waals surface area contributed by atoms with Gasteiger partial charge in [0.15, 0.2) is 11.8 Å². The monoisotopic (exact) mass is 468 g/mol. The summed E-state index contributed by atoms with van der Waals surface area (Å²) in [6, 6.07) is 1.70. The normalized spacial score (nSPS) is 22.5. The van der Waals surface area contributed by atoms with E-state index >= 15 is 0 Å². The molecule has 2 aromatic rings. The van der Waals surface area contributed by atoms with E-state index in [2.05, 4.69) is 21.3 Å². The van der Waals surface area contributed by atoms with Gasteiger partial charge in [-0.15, -0.1) is 11.3 Å². The lowest BCUT2D eigenvalue weighted by molar-refractivity contribution is 0.207. The zero-order valence-electron chi connectivity index (χ0n) is 16.9. The van der Waals surface area contributed by atoms with Crippen LogP contribution in [0, 0.1) is 17.1 Å². The summed E-state index contributed by atoms with van der Waals surface area (Å²) >= 11 is 8.07. The minimum atomic E-state index is -0.511. The van der Waals surface area contributed by atoms with Crippen LogP contribution in [0.1, 0.15) is 24.1 Å². The average Bonchev–Trinajstić information content (AvgIpc) is 3.55. The quantitative estimate of drug-likeness (QED) is 0.664. The number of fused-ring (bicyclic) bond motifs is 3. The predicted molar refractivity (Wildman–Crippen MR) is 123 cm³/mol. The zero-order valence-corrected chi connectivity index (χ0v) is 18.5. The van der Waals surface area contributed by atoms with Crippen LogP contribution in [0.25, 0.3) is 15.7 Å². The lowest BCUT2D eigenvalue weighted by Gasteiger charge is -2.32. The number of thiophene rings is 1. The van der Waals surface area contributed by atoms with Crippen molar-refractivity contribution < 1.29 is 9.13 Å². The third kappa shape index (κ3) is 2.73. The molecule has 7 nitrogen and oxygen atoms in total. The first kappa shape index (κ1) is 19.7. The summed E-state index contributed by atoms with van der Waals surface area (Å²) in [6.45, 7) is 2.69. The second-order valence-corrected chi connectivity index (χ2v) is 9.54. The zero-order chi connectivity index (χ0) is 22.0. The third-order valence-corrected chi connectivity index (χ3v) is 7.76. The molecule has 0 radical (unpaired) electrons. The Morgan fingerprint density at radius 3 is 2.88 bits per heavy atom. The van der Waals surface area contributed by atoms with E-state index in [0.717, 1.165) is 66.1 Å². The summed E-state index contributed by atoms with van der Waals surface area (Å²) in [6.07, 6.45) is 5.39. The van der Waals surface area contributed by atoms with Gasteiger partial charge in [0, 0.05) is 35.8 Å². The maximum absolute atomic E-state index is 14.6. The molecule has 1 saturated heterocycles. The molecule has 0 saturated carbocycles. The molecule has 1 fully saturated rings. The van der Waals surface area contributed by atoms with Crippen LogP contribution in [0.15, 0.2) is 39.1 Å². The van der Waals surface area contributed by atoms with Gasteiger partial charge in [-0.1, -0.05) is 11.6 Å². The van der Waals surface area contributed by atoms with Crippen molar-refractivity contribution in [3.05, 3.63) is 51.2 Å². The Bertz CT molecular complexity index is 1340. The molecule has 1 atom stereocenters. The van der Waals surface area contributed by atoms with E-state index in [1.807, 2.05) is 6.20 Å². The van der Waals surface area contributed by atoms with E-state index in [1.165, 1.54) is 0 Å². The Hall–Kier alpha value is -2.93. The highest BCUT2D eigenvalue weighted by Gasteiger charge is 2.39. The first-order valence-electron chi connectivity index (χ1n) is 10.3.